The van der Waals surface area contributed by atoms with Gasteiger partial charge in [0, 0.05) is 6.54 Å². The Bertz CT molecular complexity index is 858. The van der Waals surface area contributed by atoms with Crippen LogP contribution in [0.15, 0.2) is 4.90 Å². The molecule has 0 atom stereocenters. The second-order valence-electron chi connectivity index (χ2n) is 4.08. The van der Waals surface area contributed by atoms with Crippen molar-refractivity contribution in [1.29, 1.82) is 0 Å². The van der Waals surface area contributed by atoms with Gasteiger partial charge in [-0.1, -0.05) is 0 Å². The molecule has 0 bridgehead atoms. The maximum Gasteiger partial charge on any atom is 0.511 e. The van der Waals surface area contributed by atoms with Crippen LogP contribution in [-0.4, -0.2) is 40.0 Å². The highest BCUT2D eigenvalue weighted by Crippen LogP contribution is 2.36. The first-order valence-electron chi connectivity index (χ1n) is 5.63. The molecule has 7 nitrogen and oxygen atoms in total. The van der Waals surface area contributed by atoms with Gasteiger partial charge >= 0.3 is 15.5 Å². The molecule has 1 rings (SSSR count). The molecule has 0 aliphatic rings. The summed E-state index contributed by atoms with van der Waals surface area (Å²) in [6.45, 7) is -1.85. The van der Waals surface area contributed by atoms with E-state index in [2.05, 4.69) is 4.74 Å². The predicted octanol–water partition coefficient (Wildman–Crippen LogP) is 2.24. The maximum atomic E-state index is 14.0. The normalized spacial score (nSPS) is 13.1. The van der Waals surface area contributed by atoms with Crippen LogP contribution in [0.3, 0.4) is 0 Å². The Balaban J connectivity index is 3.03. The molecular formula is C9H6F5I2NO6S2. The number of sulfonamides is 1. The molecule has 0 aliphatic carbocycles. The Morgan fingerprint density at radius 3 is 1.84 bits per heavy atom. The second kappa shape index (κ2) is 7.90. The molecule has 1 aromatic carbocycles. The summed E-state index contributed by atoms with van der Waals surface area (Å²) in [6, 6.07) is 0. The van der Waals surface area contributed by atoms with Crippen LogP contribution in [-0.2, 0) is 20.1 Å². The van der Waals surface area contributed by atoms with E-state index >= 15 is 0 Å². The summed E-state index contributed by atoms with van der Waals surface area (Å²) < 4.78 is 121. The van der Waals surface area contributed by atoms with Crippen molar-refractivity contribution in [3.63, 3.8) is 0 Å². The van der Waals surface area contributed by atoms with Gasteiger partial charge < -0.3 is 4.74 Å². The highest BCUT2D eigenvalue weighted by molar-refractivity contribution is 14.1. The third-order valence-electron chi connectivity index (χ3n) is 2.39. The largest absolute Gasteiger partial charge is 0.511 e. The summed E-state index contributed by atoms with van der Waals surface area (Å²) in [5, 5.41) is 0. The van der Waals surface area contributed by atoms with Crippen LogP contribution in [0.1, 0.15) is 0 Å². The van der Waals surface area contributed by atoms with Gasteiger partial charge in [-0.05, 0) is 45.2 Å². The number of benzene rings is 1. The van der Waals surface area contributed by atoms with Gasteiger partial charge in [0.05, 0.1) is 7.14 Å². The van der Waals surface area contributed by atoms with Crippen molar-refractivity contribution < 1.29 is 48.1 Å². The lowest BCUT2D eigenvalue weighted by Crippen LogP contribution is -2.38. The van der Waals surface area contributed by atoms with E-state index in [1.807, 2.05) is 0 Å². The topological polar surface area (TPSA) is 110 Å². The first-order valence-corrected chi connectivity index (χ1v) is 10.7. The van der Waals surface area contributed by atoms with Gasteiger partial charge in [-0.25, -0.2) is 21.9 Å². The van der Waals surface area contributed by atoms with Crippen LogP contribution < -0.4 is 9.46 Å². The average molecular weight is 637 g/mol. The summed E-state index contributed by atoms with van der Waals surface area (Å²) in [5.74, 6) is -4.18. The number of ether oxygens (including phenoxy) is 1. The number of alkyl halides is 3. The SMILES string of the molecule is O=S(=O)(O)c1c(I)c(F)c(OCCNS(=O)(=O)C(F)(F)F)c(F)c1I. The summed E-state index contributed by atoms with van der Waals surface area (Å²) in [7, 11) is -10.6. The van der Waals surface area contributed by atoms with Gasteiger partial charge in [0.25, 0.3) is 10.1 Å². The van der Waals surface area contributed by atoms with Gasteiger partial charge in [-0.3, -0.25) is 4.55 Å². The fourth-order valence-corrected chi connectivity index (χ4v) is 5.72. The number of hydrogen-bond acceptors (Lipinski definition) is 5. The number of halogens is 7. The van der Waals surface area contributed by atoms with E-state index in [1.54, 1.807) is 0 Å². The minimum absolute atomic E-state index is 0.711. The van der Waals surface area contributed by atoms with Gasteiger partial charge in [0.15, 0.2) is 17.4 Å². The molecule has 0 amide bonds. The van der Waals surface area contributed by atoms with Crippen LogP contribution >= 0.6 is 45.2 Å². The molecule has 0 fully saturated rings. The summed E-state index contributed by atoms with van der Waals surface area (Å²) >= 11 is 2.31. The van der Waals surface area contributed by atoms with Crippen molar-refractivity contribution in [1.82, 2.24) is 4.72 Å². The van der Waals surface area contributed by atoms with E-state index in [1.165, 1.54) is 0 Å². The van der Waals surface area contributed by atoms with Crippen molar-refractivity contribution in [2.75, 3.05) is 13.2 Å². The zero-order valence-corrected chi connectivity index (χ0v) is 17.3. The Morgan fingerprint density at radius 1 is 1.04 bits per heavy atom. The smallest absolute Gasteiger partial charge is 0.486 e. The van der Waals surface area contributed by atoms with E-state index in [0.29, 0.717) is 0 Å². The lowest BCUT2D eigenvalue weighted by Gasteiger charge is -2.14. The number of rotatable bonds is 6. The number of nitrogens with one attached hydrogen (secondary N) is 1. The maximum absolute atomic E-state index is 14.0. The first kappa shape index (κ1) is 23.0. The molecule has 0 spiro atoms. The molecule has 0 radical (unpaired) electrons. The van der Waals surface area contributed by atoms with Gasteiger partial charge in [0.1, 0.15) is 11.5 Å². The molecule has 0 aromatic heterocycles. The van der Waals surface area contributed by atoms with Crippen LogP contribution in [0.5, 0.6) is 5.75 Å². The minimum Gasteiger partial charge on any atom is -0.486 e. The third-order valence-corrected chi connectivity index (χ3v) is 7.26. The molecule has 0 saturated carbocycles. The Labute approximate surface area is 165 Å². The van der Waals surface area contributed by atoms with Crippen molar-refractivity contribution in [3.8, 4) is 5.75 Å². The first-order chi connectivity index (χ1) is 11.1. The van der Waals surface area contributed by atoms with Crippen molar-refractivity contribution >= 4 is 65.3 Å². The summed E-state index contributed by atoms with van der Waals surface area (Å²) in [4.78, 5) is -1.03. The van der Waals surface area contributed by atoms with E-state index < -0.39 is 68.2 Å². The van der Waals surface area contributed by atoms with Crippen LogP contribution in [0.25, 0.3) is 0 Å². The molecule has 0 saturated heterocycles. The van der Waals surface area contributed by atoms with Gasteiger partial charge in [-0.2, -0.15) is 21.6 Å². The Kier molecular flexibility index (Phi) is 7.27. The second-order valence-corrected chi connectivity index (χ2v) is 9.36. The van der Waals surface area contributed by atoms with Crippen molar-refractivity contribution in [2.45, 2.75) is 10.4 Å². The molecule has 0 aliphatic heterocycles. The van der Waals surface area contributed by atoms with Crippen LogP contribution in [0.2, 0.25) is 0 Å². The summed E-state index contributed by atoms with van der Waals surface area (Å²) in [6.07, 6.45) is 0. The van der Waals surface area contributed by atoms with Crippen LogP contribution in [0.4, 0.5) is 22.0 Å². The van der Waals surface area contributed by atoms with E-state index in [-0.39, 0.29) is 0 Å². The minimum atomic E-state index is -5.65. The molecule has 2 N–H and O–H groups in total. The predicted molar refractivity (Wildman–Crippen MR) is 90.1 cm³/mol. The van der Waals surface area contributed by atoms with Crippen LogP contribution in [0, 0.1) is 18.8 Å². The van der Waals surface area contributed by atoms with E-state index in [9.17, 15) is 38.8 Å². The van der Waals surface area contributed by atoms with Gasteiger partial charge in [-0.15, -0.1) is 0 Å². The molecule has 25 heavy (non-hydrogen) atoms. The molecule has 16 heteroatoms. The Hall–Kier alpha value is -0.0500. The highest BCUT2D eigenvalue weighted by atomic mass is 127. The zero-order valence-electron chi connectivity index (χ0n) is 11.4. The fraction of sp³-hybridized carbons (Fsp3) is 0.333. The molecular weight excluding hydrogens is 631 g/mol. The number of hydrogen-bond donors (Lipinski definition) is 2. The average Bonchev–Trinajstić information content (AvgIpc) is 2.41. The van der Waals surface area contributed by atoms with Crippen molar-refractivity contribution in [3.05, 3.63) is 18.8 Å². The summed E-state index contributed by atoms with van der Waals surface area (Å²) in [5.41, 5.74) is -5.56. The van der Waals surface area contributed by atoms with E-state index in [4.69, 9.17) is 4.55 Å². The third kappa shape index (κ3) is 5.23. The molecule has 1 aromatic rings. The molecule has 0 unspecified atom stereocenters. The van der Waals surface area contributed by atoms with Crippen molar-refractivity contribution in [2.24, 2.45) is 0 Å². The lowest BCUT2D eigenvalue weighted by molar-refractivity contribution is -0.0448. The highest BCUT2D eigenvalue weighted by Gasteiger charge is 2.45. The lowest BCUT2D eigenvalue weighted by atomic mass is 10.3. The fourth-order valence-electron chi connectivity index (χ4n) is 1.36. The van der Waals surface area contributed by atoms with E-state index in [0.717, 1.165) is 49.9 Å². The quantitative estimate of drug-likeness (QED) is 0.163. The zero-order chi connectivity index (χ0) is 19.8. The Morgan fingerprint density at radius 2 is 1.48 bits per heavy atom. The molecule has 144 valence electrons. The monoisotopic (exact) mass is 637 g/mol. The molecule has 0 heterocycles. The van der Waals surface area contributed by atoms with Gasteiger partial charge in [0.2, 0.25) is 0 Å². The standard InChI is InChI=1S/C9H6F5I2NO6S2/c10-3-5(15)8(24(18,19)20)6(16)4(11)7(3)23-2-1-17-25(21,22)9(12,13)14/h17H,1-2H2,(H,18,19,20).